The lowest BCUT2D eigenvalue weighted by Gasteiger charge is -2.24. The number of hydrogen-bond donors (Lipinski definition) is 0. The first kappa shape index (κ1) is 21.6. The smallest absolute Gasteiger partial charge is 0.338 e. The Morgan fingerprint density at radius 3 is 2.75 bits per heavy atom. The van der Waals surface area contributed by atoms with Crippen molar-refractivity contribution >= 4 is 23.4 Å². The Balaban J connectivity index is 1.88. The largest absolute Gasteiger partial charge is 0.490 e. The fraction of sp³-hybridized carbons (Fsp3) is 0.208. The van der Waals surface area contributed by atoms with Crippen molar-refractivity contribution in [1.82, 2.24) is 4.57 Å². The lowest BCUT2D eigenvalue weighted by Crippen LogP contribution is -2.39. The summed E-state index contributed by atoms with van der Waals surface area (Å²) in [6.07, 6.45) is 4.89. The van der Waals surface area contributed by atoms with E-state index in [2.05, 4.69) is 11.6 Å². The summed E-state index contributed by atoms with van der Waals surface area (Å²) in [5.74, 6) is 0.736. The van der Waals surface area contributed by atoms with Crippen LogP contribution in [0.25, 0.3) is 6.08 Å². The maximum atomic E-state index is 13.4. The van der Waals surface area contributed by atoms with Gasteiger partial charge in [0.1, 0.15) is 18.1 Å². The minimum absolute atomic E-state index is 0.222. The molecule has 3 heterocycles. The third kappa shape index (κ3) is 4.09. The highest BCUT2D eigenvalue weighted by Crippen LogP contribution is 2.31. The zero-order chi connectivity index (χ0) is 22.7. The van der Waals surface area contributed by atoms with Crippen molar-refractivity contribution in [2.75, 3.05) is 13.2 Å². The number of carbonyl (C=O) groups excluding carboxylic acids is 1. The van der Waals surface area contributed by atoms with Gasteiger partial charge >= 0.3 is 5.97 Å². The molecule has 0 saturated carbocycles. The van der Waals surface area contributed by atoms with E-state index in [4.69, 9.17) is 13.9 Å². The minimum Gasteiger partial charge on any atom is -0.490 e. The van der Waals surface area contributed by atoms with Crippen LogP contribution in [0.5, 0.6) is 5.75 Å². The van der Waals surface area contributed by atoms with E-state index in [9.17, 15) is 9.59 Å². The molecule has 1 aliphatic heterocycles. The van der Waals surface area contributed by atoms with Gasteiger partial charge in [-0.1, -0.05) is 36.1 Å². The second-order valence-electron chi connectivity index (χ2n) is 6.99. The molecule has 32 heavy (non-hydrogen) atoms. The molecule has 0 bridgehead atoms. The summed E-state index contributed by atoms with van der Waals surface area (Å²) >= 11 is 1.25. The van der Waals surface area contributed by atoms with E-state index in [1.165, 1.54) is 15.9 Å². The zero-order valence-corrected chi connectivity index (χ0v) is 18.6. The standard InChI is InChI=1S/C24H22N2O5S/c1-4-12-30-17-10-8-16(9-11-17)21-20(23(28)29-5-2)15(3)25-24-26(21)22(27)19(32-24)14-18-7-6-13-31-18/h4,6-11,13-14,21H,1,5,12H2,2-3H3/b19-14-. The number of thiazole rings is 1. The summed E-state index contributed by atoms with van der Waals surface area (Å²) in [5.41, 5.74) is 1.35. The van der Waals surface area contributed by atoms with E-state index in [-0.39, 0.29) is 12.2 Å². The molecular weight excluding hydrogens is 428 g/mol. The molecule has 164 valence electrons. The van der Waals surface area contributed by atoms with Crippen LogP contribution < -0.4 is 19.6 Å². The molecule has 0 spiro atoms. The molecule has 1 atom stereocenters. The predicted molar refractivity (Wildman–Crippen MR) is 121 cm³/mol. The minimum atomic E-state index is -0.669. The Morgan fingerprint density at radius 1 is 1.31 bits per heavy atom. The van der Waals surface area contributed by atoms with Crippen LogP contribution in [0.2, 0.25) is 0 Å². The number of benzene rings is 1. The number of carbonyl (C=O) groups is 1. The molecule has 8 heteroatoms. The van der Waals surface area contributed by atoms with Crippen LogP contribution in [-0.2, 0) is 9.53 Å². The Kier molecular flexibility index (Phi) is 6.23. The van der Waals surface area contributed by atoms with Gasteiger partial charge in [-0.3, -0.25) is 9.36 Å². The molecule has 1 aliphatic rings. The van der Waals surface area contributed by atoms with Crippen LogP contribution in [0.15, 0.2) is 80.8 Å². The molecule has 1 aromatic carbocycles. The van der Waals surface area contributed by atoms with Crippen molar-refractivity contribution in [3.63, 3.8) is 0 Å². The maximum absolute atomic E-state index is 13.4. The van der Waals surface area contributed by atoms with Gasteiger partial charge in [-0.15, -0.1) is 0 Å². The number of furan rings is 1. The van der Waals surface area contributed by atoms with E-state index in [0.717, 1.165) is 5.56 Å². The molecule has 0 N–H and O–H groups in total. The molecule has 0 amide bonds. The fourth-order valence-electron chi connectivity index (χ4n) is 3.51. The number of hydrogen-bond acceptors (Lipinski definition) is 7. The van der Waals surface area contributed by atoms with Gasteiger partial charge < -0.3 is 13.9 Å². The van der Waals surface area contributed by atoms with Crippen molar-refractivity contribution < 1.29 is 18.7 Å². The van der Waals surface area contributed by atoms with Gasteiger partial charge in [-0.2, -0.15) is 0 Å². The second kappa shape index (κ2) is 9.23. The first-order valence-electron chi connectivity index (χ1n) is 10.1. The van der Waals surface area contributed by atoms with Crippen LogP contribution in [0.3, 0.4) is 0 Å². The topological polar surface area (TPSA) is 83.0 Å². The second-order valence-corrected chi connectivity index (χ2v) is 8.00. The predicted octanol–water partition coefficient (Wildman–Crippen LogP) is 2.96. The molecular formula is C24H22N2O5S. The number of allylic oxidation sites excluding steroid dienone is 1. The highest BCUT2D eigenvalue weighted by Gasteiger charge is 2.33. The van der Waals surface area contributed by atoms with E-state index < -0.39 is 12.0 Å². The number of nitrogens with zero attached hydrogens (tertiary/aromatic N) is 2. The number of aromatic nitrogens is 1. The average molecular weight is 451 g/mol. The quantitative estimate of drug-likeness (QED) is 0.408. The van der Waals surface area contributed by atoms with Crippen LogP contribution in [0.4, 0.5) is 0 Å². The summed E-state index contributed by atoms with van der Waals surface area (Å²) in [7, 11) is 0. The maximum Gasteiger partial charge on any atom is 0.338 e. The van der Waals surface area contributed by atoms with Gasteiger partial charge in [0, 0.05) is 6.08 Å². The molecule has 2 aromatic heterocycles. The van der Waals surface area contributed by atoms with E-state index in [0.29, 0.717) is 38.7 Å². The molecule has 4 rings (SSSR count). The Hall–Kier alpha value is -3.65. The SMILES string of the molecule is C=CCOc1ccc(C2C(C(=O)OCC)=C(C)N=c3s/c(=C\c4ccco4)c(=O)n32)cc1. The third-order valence-corrected chi connectivity index (χ3v) is 5.88. The Bertz CT molecular complexity index is 1340. The number of esters is 1. The van der Waals surface area contributed by atoms with Crippen molar-refractivity contribution in [2.45, 2.75) is 19.9 Å². The first-order chi connectivity index (χ1) is 15.5. The summed E-state index contributed by atoms with van der Waals surface area (Å²) in [6, 6.07) is 10.1. The van der Waals surface area contributed by atoms with Crippen LogP contribution in [-0.4, -0.2) is 23.8 Å². The lowest BCUT2D eigenvalue weighted by molar-refractivity contribution is -0.139. The van der Waals surface area contributed by atoms with Gasteiger partial charge in [-0.25, -0.2) is 9.79 Å². The van der Waals surface area contributed by atoms with Crippen LogP contribution in [0.1, 0.15) is 31.2 Å². The average Bonchev–Trinajstić information content (AvgIpc) is 3.40. The van der Waals surface area contributed by atoms with E-state index in [1.54, 1.807) is 56.5 Å². The number of ether oxygens (including phenoxy) is 2. The van der Waals surface area contributed by atoms with Gasteiger partial charge in [0.15, 0.2) is 4.80 Å². The van der Waals surface area contributed by atoms with Gasteiger partial charge in [-0.05, 0) is 43.7 Å². The van der Waals surface area contributed by atoms with E-state index >= 15 is 0 Å². The summed E-state index contributed by atoms with van der Waals surface area (Å²) in [4.78, 5) is 31.3. The zero-order valence-electron chi connectivity index (χ0n) is 17.7. The van der Waals surface area contributed by atoms with E-state index in [1.807, 2.05) is 12.1 Å². The van der Waals surface area contributed by atoms with Gasteiger partial charge in [0.25, 0.3) is 5.56 Å². The van der Waals surface area contributed by atoms with Crippen molar-refractivity contribution in [2.24, 2.45) is 4.99 Å². The molecule has 3 aromatic rings. The van der Waals surface area contributed by atoms with Crippen LogP contribution in [0, 0.1) is 0 Å². The van der Waals surface area contributed by atoms with Crippen molar-refractivity contribution in [1.29, 1.82) is 0 Å². The summed E-state index contributed by atoms with van der Waals surface area (Å²) < 4.78 is 18.2. The fourth-order valence-corrected chi connectivity index (χ4v) is 4.54. The van der Waals surface area contributed by atoms with Gasteiger partial charge in [0.05, 0.1) is 34.7 Å². The highest BCUT2D eigenvalue weighted by molar-refractivity contribution is 7.07. The first-order valence-corrected chi connectivity index (χ1v) is 10.9. The third-order valence-electron chi connectivity index (χ3n) is 4.90. The molecule has 0 saturated heterocycles. The molecule has 0 aliphatic carbocycles. The normalized spacial score (nSPS) is 15.8. The molecule has 0 radical (unpaired) electrons. The monoisotopic (exact) mass is 450 g/mol. The molecule has 1 unspecified atom stereocenters. The van der Waals surface area contributed by atoms with Crippen molar-refractivity contribution in [3.8, 4) is 5.75 Å². The molecule has 0 fully saturated rings. The number of rotatable bonds is 7. The number of fused-ring (bicyclic) bond motifs is 1. The summed E-state index contributed by atoms with van der Waals surface area (Å²) in [6.45, 7) is 7.75. The highest BCUT2D eigenvalue weighted by atomic mass is 32.1. The summed E-state index contributed by atoms with van der Waals surface area (Å²) in [5, 5.41) is 0. The van der Waals surface area contributed by atoms with Gasteiger partial charge in [0.2, 0.25) is 0 Å². The van der Waals surface area contributed by atoms with Crippen molar-refractivity contribution in [3.05, 3.63) is 97.6 Å². The van der Waals surface area contributed by atoms with Crippen LogP contribution >= 0.6 is 11.3 Å². The lowest BCUT2D eigenvalue weighted by atomic mass is 9.96. The Morgan fingerprint density at radius 2 is 2.09 bits per heavy atom. The Labute approximate surface area is 188 Å². The molecule has 7 nitrogen and oxygen atoms in total.